The van der Waals surface area contributed by atoms with Crippen molar-refractivity contribution in [2.75, 3.05) is 18.2 Å². The van der Waals surface area contributed by atoms with Crippen LogP contribution in [-0.4, -0.2) is 33.5 Å². The van der Waals surface area contributed by atoms with Gasteiger partial charge in [-0.2, -0.15) is 0 Å². The number of rotatable bonds is 10. The number of aromatic nitrogens is 3. The molecule has 0 saturated heterocycles. The standard InChI is InChI=1S/C27H28N4O2S/c1-3-20-12-9-13-22(18-20)28-25(32)19-34-27-30-29-26(23-14-7-8-15-24(23)33-2)31(27)17-16-21-10-5-4-6-11-21/h4-15,18H,3,16-17,19H2,1-2H3,(H,28,32). The first-order valence-electron chi connectivity index (χ1n) is 11.3. The van der Waals surface area contributed by atoms with Gasteiger partial charge in [-0.05, 0) is 48.2 Å². The van der Waals surface area contributed by atoms with Crippen molar-refractivity contribution in [1.29, 1.82) is 0 Å². The molecular formula is C27H28N4O2S. The number of ether oxygens (including phenoxy) is 1. The van der Waals surface area contributed by atoms with Gasteiger partial charge in [-0.15, -0.1) is 10.2 Å². The first-order valence-corrected chi connectivity index (χ1v) is 12.3. The molecule has 0 fully saturated rings. The van der Waals surface area contributed by atoms with Crippen LogP contribution in [0.15, 0.2) is 84.0 Å². The highest BCUT2D eigenvalue weighted by Crippen LogP contribution is 2.31. The van der Waals surface area contributed by atoms with Gasteiger partial charge in [0.2, 0.25) is 5.91 Å². The molecule has 0 saturated carbocycles. The number of aryl methyl sites for hydroxylation is 2. The molecule has 0 aliphatic heterocycles. The number of carbonyl (C=O) groups is 1. The van der Waals surface area contributed by atoms with E-state index in [2.05, 4.69) is 45.2 Å². The van der Waals surface area contributed by atoms with Crippen molar-refractivity contribution in [3.8, 4) is 17.1 Å². The second kappa shape index (κ2) is 11.5. The Hall–Kier alpha value is -3.58. The van der Waals surface area contributed by atoms with E-state index >= 15 is 0 Å². The number of benzene rings is 3. The first kappa shape index (κ1) is 23.6. The van der Waals surface area contributed by atoms with E-state index < -0.39 is 0 Å². The Morgan fingerprint density at radius 2 is 1.74 bits per heavy atom. The topological polar surface area (TPSA) is 69.0 Å². The Morgan fingerprint density at radius 3 is 2.53 bits per heavy atom. The van der Waals surface area contributed by atoms with Crippen LogP contribution < -0.4 is 10.1 Å². The molecule has 1 N–H and O–H groups in total. The summed E-state index contributed by atoms with van der Waals surface area (Å²) in [7, 11) is 1.65. The average molecular weight is 473 g/mol. The molecule has 0 bridgehead atoms. The van der Waals surface area contributed by atoms with E-state index in [1.54, 1.807) is 7.11 Å². The second-order valence-electron chi connectivity index (χ2n) is 7.78. The highest BCUT2D eigenvalue weighted by Gasteiger charge is 2.18. The molecule has 1 heterocycles. The highest BCUT2D eigenvalue weighted by atomic mass is 32.2. The number of hydrogen-bond acceptors (Lipinski definition) is 5. The minimum absolute atomic E-state index is 0.0743. The summed E-state index contributed by atoms with van der Waals surface area (Å²) >= 11 is 1.38. The van der Waals surface area contributed by atoms with E-state index in [1.165, 1.54) is 22.9 Å². The van der Waals surface area contributed by atoms with Crippen LogP contribution in [0.4, 0.5) is 5.69 Å². The van der Waals surface area contributed by atoms with Crippen molar-refractivity contribution in [3.05, 3.63) is 90.0 Å². The van der Waals surface area contributed by atoms with Gasteiger partial charge in [0.15, 0.2) is 11.0 Å². The third-order valence-corrected chi connectivity index (χ3v) is 6.45. The molecule has 34 heavy (non-hydrogen) atoms. The molecule has 3 aromatic carbocycles. The van der Waals surface area contributed by atoms with Crippen LogP contribution in [0.3, 0.4) is 0 Å². The molecule has 0 aliphatic carbocycles. The molecule has 6 nitrogen and oxygen atoms in total. The van der Waals surface area contributed by atoms with E-state index in [0.29, 0.717) is 11.7 Å². The molecule has 0 radical (unpaired) electrons. The molecule has 0 spiro atoms. The van der Waals surface area contributed by atoms with Crippen LogP contribution >= 0.6 is 11.8 Å². The van der Waals surface area contributed by atoms with Gasteiger partial charge < -0.3 is 14.6 Å². The van der Waals surface area contributed by atoms with E-state index in [-0.39, 0.29) is 11.7 Å². The van der Waals surface area contributed by atoms with Crippen molar-refractivity contribution in [2.45, 2.75) is 31.5 Å². The maximum atomic E-state index is 12.6. The number of carbonyl (C=O) groups excluding carboxylic acids is 1. The lowest BCUT2D eigenvalue weighted by Crippen LogP contribution is -2.15. The Kier molecular flexibility index (Phi) is 7.99. The molecule has 7 heteroatoms. The molecule has 1 aromatic heterocycles. The van der Waals surface area contributed by atoms with E-state index in [4.69, 9.17) is 4.74 Å². The van der Waals surface area contributed by atoms with E-state index in [1.807, 2.05) is 60.7 Å². The van der Waals surface area contributed by atoms with Crippen molar-refractivity contribution in [1.82, 2.24) is 14.8 Å². The molecular weight excluding hydrogens is 444 g/mol. The van der Waals surface area contributed by atoms with Crippen LogP contribution in [0.5, 0.6) is 5.75 Å². The fourth-order valence-corrected chi connectivity index (χ4v) is 4.47. The summed E-state index contributed by atoms with van der Waals surface area (Å²) in [5, 5.41) is 12.6. The molecule has 1 amide bonds. The second-order valence-corrected chi connectivity index (χ2v) is 8.73. The van der Waals surface area contributed by atoms with E-state index in [9.17, 15) is 4.79 Å². The van der Waals surface area contributed by atoms with Gasteiger partial charge in [0.1, 0.15) is 5.75 Å². The minimum atomic E-state index is -0.0743. The van der Waals surface area contributed by atoms with Crippen LogP contribution in [-0.2, 0) is 24.2 Å². The molecule has 0 atom stereocenters. The summed E-state index contributed by atoms with van der Waals surface area (Å²) in [6.07, 6.45) is 1.75. The molecule has 0 aliphatic rings. The summed E-state index contributed by atoms with van der Waals surface area (Å²) < 4.78 is 7.63. The zero-order chi connectivity index (χ0) is 23.8. The highest BCUT2D eigenvalue weighted by molar-refractivity contribution is 7.99. The first-order chi connectivity index (χ1) is 16.7. The van der Waals surface area contributed by atoms with Crippen LogP contribution in [0.25, 0.3) is 11.4 Å². The van der Waals surface area contributed by atoms with Gasteiger partial charge in [-0.25, -0.2) is 0 Å². The van der Waals surface area contributed by atoms with Crippen LogP contribution in [0.1, 0.15) is 18.1 Å². The lowest BCUT2D eigenvalue weighted by atomic mass is 10.1. The van der Waals surface area contributed by atoms with Gasteiger partial charge >= 0.3 is 0 Å². The number of nitrogens with one attached hydrogen (secondary N) is 1. The summed E-state index contributed by atoms with van der Waals surface area (Å²) in [5.74, 6) is 1.63. The fraction of sp³-hybridized carbons (Fsp3) is 0.222. The number of hydrogen-bond donors (Lipinski definition) is 1. The third-order valence-electron chi connectivity index (χ3n) is 5.48. The van der Waals surface area contributed by atoms with Crippen molar-refractivity contribution < 1.29 is 9.53 Å². The Morgan fingerprint density at radius 1 is 0.971 bits per heavy atom. The van der Waals surface area contributed by atoms with Gasteiger partial charge in [0.25, 0.3) is 0 Å². The zero-order valence-corrected chi connectivity index (χ0v) is 20.2. The van der Waals surface area contributed by atoms with E-state index in [0.717, 1.165) is 35.7 Å². The lowest BCUT2D eigenvalue weighted by molar-refractivity contribution is -0.113. The molecule has 174 valence electrons. The summed E-state index contributed by atoms with van der Waals surface area (Å²) in [4.78, 5) is 12.6. The maximum Gasteiger partial charge on any atom is 0.234 e. The summed E-state index contributed by atoms with van der Waals surface area (Å²) in [6, 6.07) is 26.0. The van der Waals surface area contributed by atoms with Gasteiger partial charge in [-0.1, -0.05) is 73.3 Å². The monoisotopic (exact) mass is 472 g/mol. The van der Waals surface area contributed by atoms with Crippen molar-refractivity contribution in [2.24, 2.45) is 0 Å². The minimum Gasteiger partial charge on any atom is -0.496 e. The number of thioether (sulfide) groups is 1. The average Bonchev–Trinajstić information content (AvgIpc) is 3.29. The fourth-order valence-electron chi connectivity index (χ4n) is 3.71. The number of anilines is 1. The molecule has 0 unspecified atom stereocenters. The Balaban J connectivity index is 1.53. The Bertz CT molecular complexity index is 1240. The largest absolute Gasteiger partial charge is 0.496 e. The number of nitrogens with zero attached hydrogens (tertiary/aromatic N) is 3. The molecule has 4 rings (SSSR count). The third kappa shape index (κ3) is 5.85. The number of para-hydroxylation sites is 1. The number of methoxy groups -OCH3 is 1. The van der Waals surface area contributed by atoms with Crippen LogP contribution in [0.2, 0.25) is 0 Å². The summed E-state index contributed by atoms with van der Waals surface area (Å²) in [5.41, 5.74) is 4.10. The Labute approximate surface area is 204 Å². The lowest BCUT2D eigenvalue weighted by Gasteiger charge is -2.12. The quantitative estimate of drug-likeness (QED) is 0.309. The van der Waals surface area contributed by atoms with Crippen molar-refractivity contribution >= 4 is 23.4 Å². The summed E-state index contributed by atoms with van der Waals surface area (Å²) in [6.45, 7) is 2.78. The smallest absolute Gasteiger partial charge is 0.234 e. The van der Waals surface area contributed by atoms with Gasteiger partial charge in [-0.3, -0.25) is 4.79 Å². The van der Waals surface area contributed by atoms with Gasteiger partial charge in [0.05, 0.1) is 18.4 Å². The van der Waals surface area contributed by atoms with Gasteiger partial charge in [0, 0.05) is 12.2 Å². The van der Waals surface area contributed by atoms with Crippen LogP contribution in [0, 0.1) is 0 Å². The van der Waals surface area contributed by atoms with Crippen molar-refractivity contribution in [3.63, 3.8) is 0 Å². The maximum absolute atomic E-state index is 12.6. The predicted octanol–water partition coefficient (Wildman–Crippen LogP) is 5.49. The SMILES string of the molecule is CCc1cccc(NC(=O)CSc2nnc(-c3ccccc3OC)n2CCc2ccccc2)c1. The zero-order valence-electron chi connectivity index (χ0n) is 19.4. The number of amides is 1. The predicted molar refractivity (Wildman–Crippen MR) is 137 cm³/mol. The molecule has 4 aromatic rings. The normalized spacial score (nSPS) is 10.8.